The van der Waals surface area contributed by atoms with Crippen molar-refractivity contribution in [3.05, 3.63) is 35.4 Å². The summed E-state index contributed by atoms with van der Waals surface area (Å²) < 4.78 is 32.0. The number of carbonyl (C=O) groups is 2. The molecule has 1 aromatic rings. The quantitative estimate of drug-likeness (QED) is 0.417. The van der Waals surface area contributed by atoms with E-state index in [-0.39, 0.29) is 48.7 Å². The van der Waals surface area contributed by atoms with Crippen LogP contribution in [0.4, 0.5) is 13.6 Å². The molecule has 1 aromatic carbocycles. The highest BCUT2D eigenvalue weighted by Crippen LogP contribution is 2.32. The molecule has 8 nitrogen and oxygen atoms in total. The third-order valence-electron chi connectivity index (χ3n) is 5.73. The van der Waals surface area contributed by atoms with Crippen LogP contribution in [0.3, 0.4) is 0 Å². The van der Waals surface area contributed by atoms with E-state index in [4.69, 9.17) is 9.84 Å². The van der Waals surface area contributed by atoms with Gasteiger partial charge < -0.3 is 20.5 Å². The SMILES string of the molecule is CC(CO)CNC(=O)O[C@@H]1CC[C@H](C2CC(NC(=O)Cc3cc(F)cc(F)c3)NN2)C1. The number of aliphatic hydroxyl groups excluding tert-OH is 1. The lowest BCUT2D eigenvalue weighted by Crippen LogP contribution is -2.45. The Kier molecular flexibility index (Phi) is 8.16. The highest BCUT2D eigenvalue weighted by molar-refractivity contribution is 5.78. The molecule has 5 N–H and O–H groups in total. The molecule has 3 rings (SSSR count). The number of aliphatic hydroxyl groups is 1. The molecule has 1 aliphatic heterocycles. The van der Waals surface area contributed by atoms with E-state index in [0.717, 1.165) is 37.5 Å². The zero-order valence-electron chi connectivity index (χ0n) is 17.5. The normalized spacial score (nSPS) is 26.5. The molecular formula is C21H30F2N4O4. The highest BCUT2D eigenvalue weighted by Gasteiger charge is 2.37. The Morgan fingerprint density at radius 1 is 1.19 bits per heavy atom. The van der Waals surface area contributed by atoms with Crippen LogP contribution in [-0.2, 0) is 16.0 Å². The van der Waals surface area contributed by atoms with Gasteiger partial charge in [0.1, 0.15) is 17.7 Å². The van der Waals surface area contributed by atoms with E-state index in [1.54, 1.807) is 0 Å². The molecule has 10 heteroatoms. The Morgan fingerprint density at radius 2 is 1.94 bits per heavy atom. The van der Waals surface area contributed by atoms with Crippen molar-refractivity contribution in [1.82, 2.24) is 21.5 Å². The first-order chi connectivity index (χ1) is 14.8. The summed E-state index contributed by atoms with van der Waals surface area (Å²) in [6, 6.07) is 3.17. The van der Waals surface area contributed by atoms with Crippen LogP contribution in [0, 0.1) is 23.5 Å². The minimum absolute atomic E-state index is 0.00294. The van der Waals surface area contributed by atoms with E-state index >= 15 is 0 Å². The van der Waals surface area contributed by atoms with Crippen LogP contribution in [0.25, 0.3) is 0 Å². The average Bonchev–Trinajstić information content (AvgIpc) is 3.34. The van der Waals surface area contributed by atoms with Gasteiger partial charge in [-0.05, 0) is 55.2 Å². The topological polar surface area (TPSA) is 112 Å². The summed E-state index contributed by atoms with van der Waals surface area (Å²) in [5, 5.41) is 14.5. The number of alkyl carbamates (subject to hydrolysis) is 1. The number of halogens is 2. The van der Waals surface area contributed by atoms with Crippen molar-refractivity contribution in [1.29, 1.82) is 0 Å². The van der Waals surface area contributed by atoms with Crippen molar-refractivity contribution in [2.45, 2.75) is 57.3 Å². The number of hydrogen-bond donors (Lipinski definition) is 5. The zero-order chi connectivity index (χ0) is 22.4. The van der Waals surface area contributed by atoms with Crippen LogP contribution < -0.4 is 21.5 Å². The van der Waals surface area contributed by atoms with E-state index in [0.29, 0.717) is 18.9 Å². The van der Waals surface area contributed by atoms with Crippen LogP contribution in [-0.4, -0.2) is 48.6 Å². The van der Waals surface area contributed by atoms with Crippen molar-refractivity contribution in [3.63, 3.8) is 0 Å². The fourth-order valence-electron chi connectivity index (χ4n) is 4.09. The Labute approximate surface area is 180 Å². The lowest BCUT2D eigenvalue weighted by atomic mass is 9.96. The van der Waals surface area contributed by atoms with Crippen LogP contribution >= 0.6 is 0 Å². The summed E-state index contributed by atoms with van der Waals surface area (Å²) >= 11 is 0. The van der Waals surface area contributed by atoms with Gasteiger partial charge in [0.25, 0.3) is 0 Å². The third-order valence-corrected chi connectivity index (χ3v) is 5.73. The van der Waals surface area contributed by atoms with Crippen molar-refractivity contribution < 1.29 is 28.2 Å². The number of hydrogen-bond acceptors (Lipinski definition) is 6. The second-order valence-corrected chi connectivity index (χ2v) is 8.47. The number of ether oxygens (including phenoxy) is 1. The van der Waals surface area contributed by atoms with Crippen molar-refractivity contribution >= 4 is 12.0 Å². The lowest BCUT2D eigenvalue weighted by molar-refractivity contribution is -0.121. The highest BCUT2D eigenvalue weighted by atomic mass is 19.1. The van der Waals surface area contributed by atoms with Gasteiger partial charge in [-0.1, -0.05) is 6.92 Å². The molecule has 1 heterocycles. The first kappa shape index (κ1) is 23.4. The van der Waals surface area contributed by atoms with E-state index in [1.807, 2.05) is 6.92 Å². The molecule has 172 valence electrons. The predicted molar refractivity (Wildman–Crippen MR) is 109 cm³/mol. The van der Waals surface area contributed by atoms with Crippen molar-refractivity contribution in [3.8, 4) is 0 Å². The number of nitrogens with one attached hydrogen (secondary N) is 4. The molecule has 1 saturated heterocycles. The van der Waals surface area contributed by atoms with Gasteiger partial charge in [-0.3, -0.25) is 10.2 Å². The second kappa shape index (κ2) is 10.8. The predicted octanol–water partition coefficient (Wildman–Crippen LogP) is 1.34. The van der Waals surface area contributed by atoms with Crippen LogP contribution in [0.5, 0.6) is 0 Å². The van der Waals surface area contributed by atoms with Crippen LogP contribution in [0.15, 0.2) is 18.2 Å². The molecule has 31 heavy (non-hydrogen) atoms. The average molecular weight is 440 g/mol. The second-order valence-electron chi connectivity index (χ2n) is 8.47. The van der Waals surface area contributed by atoms with Gasteiger partial charge in [0.05, 0.1) is 12.6 Å². The van der Waals surface area contributed by atoms with Crippen LogP contribution in [0.1, 0.15) is 38.2 Å². The van der Waals surface area contributed by atoms with Crippen molar-refractivity contribution in [2.24, 2.45) is 11.8 Å². The Morgan fingerprint density at radius 3 is 2.65 bits per heavy atom. The molecular weight excluding hydrogens is 410 g/mol. The number of benzene rings is 1. The Hall–Kier alpha value is -2.30. The summed E-state index contributed by atoms with van der Waals surface area (Å²) in [5.41, 5.74) is 6.51. The van der Waals surface area contributed by atoms with Gasteiger partial charge >= 0.3 is 6.09 Å². The molecule has 1 saturated carbocycles. The van der Waals surface area contributed by atoms with E-state index in [1.165, 1.54) is 0 Å². The minimum atomic E-state index is -0.710. The third kappa shape index (κ3) is 7.12. The summed E-state index contributed by atoms with van der Waals surface area (Å²) in [6.07, 6.45) is 2.02. The maximum Gasteiger partial charge on any atom is 0.407 e. The molecule has 1 aliphatic carbocycles. The molecule has 2 fully saturated rings. The lowest BCUT2D eigenvalue weighted by Gasteiger charge is -2.18. The van der Waals surface area contributed by atoms with Crippen molar-refractivity contribution in [2.75, 3.05) is 13.2 Å². The number of hydrazine groups is 1. The first-order valence-corrected chi connectivity index (χ1v) is 10.6. The number of rotatable bonds is 8. The number of amides is 2. The van der Waals surface area contributed by atoms with E-state index < -0.39 is 17.7 Å². The molecule has 5 atom stereocenters. The number of carbonyl (C=O) groups excluding carboxylic acids is 2. The molecule has 0 aromatic heterocycles. The standard InChI is InChI=1S/C21H30F2N4O4/c1-12(11-28)10-24-21(30)31-17-3-2-14(7-17)18-9-19(27-26-18)25-20(29)6-13-4-15(22)8-16(23)5-13/h4-5,8,12,14,17-19,26-28H,2-3,6-7,9-11H2,1H3,(H,24,30)(H,25,29)/t12?,14-,17+,18?,19?/m0/s1. The molecule has 0 bridgehead atoms. The van der Waals surface area contributed by atoms with Gasteiger partial charge in [0.2, 0.25) is 5.91 Å². The summed E-state index contributed by atoms with van der Waals surface area (Å²) in [7, 11) is 0. The van der Waals surface area contributed by atoms with Crippen LogP contribution in [0.2, 0.25) is 0 Å². The maximum atomic E-state index is 13.3. The zero-order valence-corrected chi connectivity index (χ0v) is 17.5. The summed E-state index contributed by atoms with van der Waals surface area (Å²) in [5.74, 6) is -1.48. The molecule has 0 spiro atoms. The summed E-state index contributed by atoms with van der Waals surface area (Å²) in [6.45, 7) is 2.20. The van der Waals surface area contributed by atoms with Gasteiger partial charge in [0, 0.05) is 25.3 Å². The fourth-order valence-corrected chi connectivity index (χ4v) is 4.09. The monoisotopic (exact) mass is 440 g/mol. The minimum Gasteiger partial charge on any atom is -0.446 e. The molecule has 3 unspecified atom stereocenters. The Bertz CT molecular complexity index is 761. The smallest absolute Gasteiger partial charge is 0.407 e. The van der Waals surface area contributed by atoms with Gasteiger partial charge in [-0.2, -0.15) is 0 Å². The van der Waals surface area contributed by atoms with Gasteiger partial charge in [-0.25, -0.2) is 19.0 Å². The van der Waals surface area contributed by atoms with Gasteiger partial charge in [-0.15, -0.1) is 0 Å². The first-order valence-electron chi connectivity index (χ1n) is 10.6. The van der Waals surface area contributed by atoms with E-state index in [2.05, 4.69) is 21.5 Å². The molecule has 2 amide bonds. The largest absolute Gasteiger partial charge is 0.446 e. The maximum absolute atomic E-state index is 13.3. The molecule has 0 radical (unpaired) electrons. The Balaban J connectivity index is 1.38. The molecule has 2 aliphatic rings. The van der Waals surface area contributed by atoms with Gasteiger partial charge in [0.15, 0.2) is 0 Å². The summed E-state index contributed by atoms with van der Waals surface area (Å²) in [4.78, 5) is 24.1. The fraction of sp³-hybridized carbons (Fsp3) is 0.619. The van der Waals surface area contributed by atoms with E-state index in [9.17, 15) is 18.4 Å².